The van der Waals surface area contributed by atoms with Crippen molar-refractivity contribution in [1.82, 2.24) is 14.5 Å². The van der Waals surface area contributed by atoms with E-state index < -0.39 is 11.2 Å². The van der Waals surface area contributed by atoms with E-state index in [9.17, 15) is 14.4 Å². The minimum atomic E-state index is -0.436. The van der Waals surface area contributed by atoms with Crippen LogP contribution in [-0.2, 0) is 0 Å². The lowest BCUT2D eigenvalue weighted by molar-refractivity contribution is 0.0513. The van der Waals surface area contributed by atoms with Gasteiger partial charge in [-0.2, -0.15) is 0 Å². The number of benzene rings is 1. The van der Waals surface area contributed by atoms with E-state index in [0.29, 0.717) is 18.7 Å². The average molecular weight is 271 g/mol. The Hall–Kier alpha value is -2.63. The minimum Gasteiger partial charge on any atom is -0.334 e. The Labute approximate surface area is 114 Å². The van der Waals surface area contributed by atoms with Gasteiger partial charge in [-0.15, -0.1) is 0 Å². The molecule has 0 spiro atoms. The van der Waals surface area contributed by atoms with E-state index >= 15 is 0 Å². The van der Waals surface area contributed by atoms with Gasteiger partial charge in [-0.25, -0.2) is 4.79 Å². The second-order valence-electron chi connectivity index (χ2n) is 4.75. The standard InChI is InChI=1S/C14H13N3O3/c18-12-6-7-17(14(20)15-12)11-8-16(9-11)13(19)10-4-2-1-3-5-10/h1-7,11H,8-9H2,(H,15,18,20). The molecule has 2 aromatic rings. The summed E-state index contributed by atoms with van der Waals surface area (Å²) in [5.74, 6) is -0.0423. The molecule has 1 aliphatic heterocycles. The zero-order chi connectivity index (χ0) is 14.1. The van der Waals surface area contributed by atoms with Crippen molar-refractivity contribution < 1.29 is 4.79 Å². The number of carbonyl (C=O) groups is 1. The topological polar surface area (TPSA) is 75.2 Å². The summed E-state index contributed by atoms with van der Waals surface area (Å²) < 4.78 is 1.45. The highest BCUT2D eigenvalue weighted by atomic mass is 16.2. The van der Waals surface area contributed by atoms with Crippen LogP contribution in [0.1, 0.15) is 16.4 Å². The summed E-state index contributed by atoms with van der Waals surface area (Å²) in [5, 5.41) is 0. The number of carbonyl (C=O) groups excluding carboxylic acids is 1. The van der Waals surface area contributed by atoms with Crippen molar-refractivity contribution in [3.63, 3.8) is 0 Å². The Morgan fingerprint density at radius 3 is 2.45 bits per heavy atom. The van der Waals surface area contributed by atoms with E-state index in [1.807, 2.05) is 18.2 Å². The Morgan fingerprint density at radius 1 is 1.10 bits per heavy atom. The molecule has 2 heterocycles. The van der Waals surface area contributed by atoms with E-state index in [4.69, 9.17) is 0 Å². The maximum absolute atomic E-state index is 12.1. The maximum Gasteiger partial charge on any atom is 0.328 e. The first-order valence-corrected chi connectivity index (χ1v) is 6.31. The number of aromatic amines is 1. The third-order valence-electron chi connectivity index (χ3n) is 3.41. The molecule has 0 saturated carbocycles. The summed E-state index contributed by atoms with van der Waals surface area (Å²) in [4.78, 5) is 38.6. The normalized spacial score (nSPS) is 14.9. The molecule has 1 aromatic carbocycles. The van der Waals surface area contributed by atoms with Gasteiger partial charge in [0.15, 0.2) is 0 Å². The molecule has 0 radical (unpaired) electrons. The van der Waals surface area contributed by atoms with Crippen LogP contribution in [-0.4, -0.2) is 33.4 Å². The second kappa shape index (κ2) is 4.80. The molecular formula is C14H13N3O3. The lowest BCUT2D eigenvalue weighted by atomic mass is 10.1. The predicted molar refractivity (Wildman–Crippen MR) is 72.7 cm³/mol. The van der Waals surface area contributed by atoms with Crippen LogP contribution < -0.4 is 11.2 Å². The molecule has 6 heteroatoms. The summed E-state index contributed by atoms with van der Waals surface area (Å²) in [6.45, 7) is 0.944. The lowest BCUT2D eigenvalue weighted by Crippen LogP contribution is -2.53. The number of nitrogens with zero attached hydrogens (tertiary/aromatic N) is 2. The predicted octanol–water partition coefficient (Wildman–Crippen LogP) is 0.234. The van der Waals surface area contributed by atoms with Gasteiger partial charge in [-0.05, 0) is 12.1 Å². The molecule has 0 atom stereocenters. The van der Waals surface area contributed by atoms with E-state index in [1.165, 1.54) is 16.8 Å². The quantitative estimate of drug-likeness (QED) is 0.849. The molecule has 1 aliphatic rings. The fourth-order valence-electron chi connectivity index (χ4n) is 2.28. The summed E-state index contributed by atoms with van der Waals surface area (Å²) >= 11 is 0. The third-order valence-corrected chi connectivity index (χ3v) is 3.41. The van der Waals surface area contributed by atoms with Crippen molar-refractivity contribution in [2.45, 2.75) is 6.04 Å². The molecule has 0 aliphatic carbocycles. The lowest BCUT2D eigenvalue weighted by Gasteiger charge is -2.39. The number of hydrogen-bond donors (Lipinski definition) is 1. The SMILES string of the molecule is O=C(c1ccccc1)N1CC(n2ccc(=O)[nH]c2=O)C1. The summed E-state index contributed by atoms with van der Waals surface area (Å²) in [6, 6.07) is 10.3. The second-order valence-corrected chi connectivity index (χ2v) is 4.75. The number of amides is 1. The molecule has 1 saturated heterocycles. The van der Waals surface area contributed by atoms with Crippen LogP contribution in [0.5, 0.6) is 0 Å². The maximum atomic E-state index is 12.1. The first kappa shape index (κ1) is 12.4. The van der Waals surface area contributed by atoms with Crippen LogP contribution in [0.2, 0.25) is 0 Å². The fraction of sp³-hybridized carbons (Fsp3) is 0.214. The Morgan fingerprint density at radius 2 is 1.80 bits per heavy atom. The highest BCUT2D eigenvalue weighted by molar-refractivity contribution is 5.94. The van der Waals surface area contributed by atoms with Crippen LogP contribution in [0, 0.1) is 0 Å². The molecular weight excluding hydrogens is 258 g/mol. The number of nitrogens with one attached hydrogen (secondary N) is 1. The fourth-order valence-corrected chi connectivity index (χ4v) is 2.28. The molecule has 1 amide bonds. The smallest absolute Gasteiger partial charge is 0.328 e. The highest BCUT2D eigenvalue weighted by Gasteiger charge is 2.32. The van der Waals surface area contributed by atoms with Crippen molar-refractivity contribution in [2.24, 2.45) is 0 Å². The van der Waals surface area contributed by atoms with Gasteiger partial charge in [0.25, 0.3) is 11.5 Å². The zero-order valence-electron chi connectivity index (χ0n) is 10.7. The minimum absolute atomic E-state index is 0.0423. The largest absolute Gasteiger partial charge is 0.334 e. The summed E-state index contributed by atoms with van der Waals surface area (Å²) in [6.07, 6.45) is 1.47. The molecule has 0 bridgehead atoms. The van der Waals surface area contributed by atoms with Gasteiger partial charge in [0, 0.05) is 30.9 Å². The highest BCUT2D eigenvalue weighted by Crippen LogP contribution is 2.21. The van der Waals surface area contributed by atoms with Crippen LogP contribution in [0.4, 0.5) is 0 Å². The van der Waals surface area contributed by atoms with Crippen LogP contribution in [0.25, 0.3) is 0 Å². The average Bonchev–Trinajstić information content (AvgIpc) is 2.40. The first-order chi connectivity index (χ1) is 9.65. The Bertz CT molecular complexity index is 742. The van der Waals surface area contributed by atoms with Gasteiger partial charge in [0.2, 0.25) is 0 Å². The Balaban J connectivity index is 1.71. The number of likely N-dealkylation sites (tertiary alicyclic amines) is 1. The van der Waals surface area contributed by atoms with Gasteiger partial charge in [0.1, 0.15) is 0 Å². The van der Waals surface area contributed by atoms with E-state index in [1.54, 1.807) is 17.0 Å². The molecule has 20 heavy (non-hydrogen) atoms. The molecule has 102 valence electrons. The van der Waals surface area contributed by atoms with Crippen LogP contribution in [0.15, 0.2) is 52.2 Å². The van der Waals surface area contributed by atoms with Crippen molar-refractivity contribution in [2.75, 3.05) is 13.1 Å². The number of H-pyrrole nitrogens is 1. The number of rotatable bonds is 2. The zero-order valence-corrected chi connectivity index (χ0v) is 10.7. The van der Waals surface area contributed by atoms with Gasteiger partial charge < -0.3 is 4.90 Å². The van der Waals surface area contributed by atoms with Crippen molar-refractivity contribution in [1.29, 1.82) is 0 Å². The van der Waals surface area contributed by atoms with Crippen molar-refractivity contribution in [3.8, 4) is 0 Å². The van der Waals surface area contributed by atoms with Gasteiger partial charge in [-0.1, -0.05) is 18.2 Å². The van der Waals surface area contributed by atoms with Crippen LogP contribution in [0.3, 0.4) is 0 Å². The third kappa shape index (κ3) is 2.16. The van der Waals surface area contributed by atoms with Gasteiger partial charge in [0.05, 0.1) is 6.04 Å². The Kier molecular flexibility index (Phi) is 2.98. The van der Waals surface area contributed by atoms with E-state index in [-0.39, 0.29) is 11.9 Å². The monoisotopic (exact) mass is 271 g/mol. The van der Waals surface area contributed by atoms with Crippen molar-refractivity contribution in [3.05, 3.63) is 69.0 Å². The van der Waals surface area contributed by atoms with Crippen LogP contribution >= 0.6 is 0 Å². The molecule has 1 N–H and O–H groups in total. The summed E-state index contributed by atoms with van der Waals surface area (Å²) in [5.41, 5.74) is -0.211. The van der Waals surface area contributed by atoms with Gasteiger partial charge >= 0.3 is 5.69 Å². The molecule has 1 fully saturated rings. The van der Waals surface area contributed by atoms with Gasteiger partial charge in [-0.3, -0.25) is 19.1 Å². The first-order valence-electron chi connectivity index (χ1n) is 6.31. The van der Waals surface area contributed by atoms with Crippen molar-refractivity contribution >= 4 is 5.91 Å². The van der Waals surface area contributed by atoms with E-state index in [2.05, 4.69) is 4.98 Å². The molecule has 0 unspecified atom stereocenters. The number of aromatic nitrogens is 2. The molecule has 3 rings (SSSR count). The summed E-state index contributed by atoms with van der Waals surface area (Å²) in [7, 11) is 0. The number of hydrogen-bond acceptors (Lipinski definition) is 3. The molecule has 6 nitrogen and oxygen atoms in total. The molecule has 1 aromatic heterocycles. The van der Waals surface area contributed by atoms with E-state index in [0.717, 1.165) is 0 Å².